The van der Waals surface area contributed by atoms with E-state index in [2.05, 4.69) is 9.97 Å². The first-order valence-corrected chi connectivity index (χ1v) is 10.3. The standard InChI is InChI=1S/C22H26F6N2O/c1-5-9-14(6-2)31-20-18(8-4)29-19(17(7-3)30-20)15-11-10-13(21(23,24)25)12-16(15)22(26,27)28/h10-12,14H,5-9H2,1-4H3. The molecule has 1 aromatic heterocycles. The molecule has 1 unspecified atom stereocenters. The Balaban J connectivity index is 2.68. The Bertz CT molecular complexity index is 893. The van der Waals surface area contributed by atoms with Gasteiger partial charge in [0.25, 0.3) is 0 Å². The fourth-order valence-corrected chi connectivity index (χ4v) is 3.26. The number of ether oxygens (including phenoxy) is 1. The molecule has 0 fully saturated rings. The van der Waals surface area contributed by atoms with Gasteiger partial charge >= 0.3 is 12.4 Å². The highest BCUT2D eigenvalue weighted by Gasteiger charge is 2.39. The normalized spacial score (nSPS) is 13.4. The Kier molecular flexibility index (Phi) is 7.94. The van der Waals surface area contributed by atoms with E-state index in [1.54, 1.807) is 13.8 Å². The average molecular weight is 448 g/mol. The Morgan fingerprint density at radius 2 is 1.52 bits per heavy atom. The number of halogens is 6. The van der Waals surface area contributed by atoms with E-state index in [0.29, 0.717) is 18.2 Å². The second-order valence-corrected chi connectivity index (χ2v) is 7.17. The van der Waals surface area contributed by atoms with Crippen LogP contribution in [-0.2, 0) is 25.2 Å². The number of hydrogen-bond acceptors (Lipinski definition) is 3. The number of nitrogens with zero attached hydrogens (tertiary/aromatic N) is 2. The zero-order chi connectivity index (χ0) is 23.4. The van der Waals surface area contributed by atoms with Gasteiger partial charge in [-0.25, -0.2) is 9.97 Å². The van der Waals surface area contributed by atoms with Gasteiger partial charge < -0.3 is 4.74 Å². The molecule has 0 aliphatic carbocycles. The van der Waals surface area contributed by atoms with E-state index in [1.165, 1.54) is 0 Å². The summed E-state index contributed by atoms with van der Waals surface area (Å²) in [5.41, 5.74) is -2.64. The number of aromatic nitrogens is 2. The average Bonchev–Trinajstić information content (AvgIpc) is 2.71. The van der Waals surface area contributed by atoms with Crippen LogP contribution in [0.25, 0.3) is 11.3 Å². The van der Waals surface area contributed by atoms with Crippen LogP contribution in [0.3, 0.4) is 0 Å². The van der Waals surface area contributed by atoms with Crippen LogP contribution in [-0.4, -0.2) is 16.1 Å². The minimum atomic E-state index is -4.99. The highest BCUT2D eigenvalue weighted by molar-refractivity contribution is 5.68. The molecule has 2 rings (SSSR count). The van der Waals surface area contributed by atoms with Gasteiger partial charge in [0.2, 0.25) is 5.88 Å². The van der Waals surface area contributed by atoms with E-state index in [4.69, 9.17) is 4.74 Å². The fourth-order valence-electron chi connectivity index (χ4n) is 3.26. The minimum absolute atomic E-state index is 0.0729. The summed E-state index contributed by atoms with van der Waals surface area (Å²) in [6.07, 6.45) is -6.96. The number of rotatable bonds is 8. The van der Waals surface area contributed by atoms with Crippen LogP contribution < -0.4 is 4.74 Å². The maximum atomic E-state index is 13.7. The molecule has 3 nitrogen and oxygen atoms in total. The van der Waals surface area contributed by atoms with Crippen molar-refractivity contribution in [2.24, 2.45) is 0 Å². The lowest BCUT2D eigenvalue weighted by molar-refractivity contribution is -0.142. The lowest BCUT2D eigenvalue weighted by Crippen LogP contribution is -2.18. The Morgan fingerprint density at radius 1 is 0.871 bits per heavy atom. The quantitative estimate of drug-likeness (QED) is 0.399. The number of aryl methyl sites for hydroxylation is 2. The molecule has 1 heterocycles. The summed E-state index contributed by atoms with van der Waals surface area (Å²) in [5, 5.41) is 0. The second-order valence-electron chi connectivity index (χ2n) is 7.17. The first-order valence-electron chi connectivity index (χ1n) is 10.3. The monoisotopic (exact) mass is 448 g/mol. The molecular weight excluding hydrogens is 422 g/mol. The maximum Gasteiger partial charge on any atom is 0.417 e. The summed E-state index contributed by atoms with van der Waals surface area (Å²) >= 11 is 0. The van der Waals surface area contributed by atoms with Crippen molar-refractivity contribution in [3.05, 3.63) is 40.7 Å². The molecule has 0 aliphatic rings. The zero-order valence-electron chi connectivity index (χ0n) is 17.9. The number of alkyl halides is 6. The molecule has 9 heteroatoms. The van der Waals surface area contributed by atoms with E-state index in [9.17, 15) is 26.3 Å². The molecule has 0 saturated carbocycles. The van der Waals surface area contributed by atoms with Gasteiger partial charge in [0.15, 0.2) is 0 Å². The molecule has 1 aromatic carbocycles. The van der Waals surface area contributed by atoms with Crippen LogP contribution in [0.15, 0.2) is 18.2 Å². The second kappa shape index (κ2) is 9.87. The zero-order valence-corrected chi connectivity index (χ0v) is 17.9. The molecule has 0 radical (unpaired) electrons. The summed E-state index contributed by atoms with van der Waals surface area (Å²) in [7, 11) is 0. The highest BCUT2D eigenvalue weighted by Crippen LogP contribution is 2.41. The maximum absolute atomic E-state index is 13.7. The van der Waals surface area contributed by atoms with Crippen LogP contribution in [0.2, 0.25) is 0 Å². The third kappa shape index (κ3) is 5.89. The molecule has 31 heavy (non-hydrogen) atoms. The van der Waals surface area contributed by atoms with Crippen LogP contribution in [0.5, 0.6) is 5.88 Å². The predicted molar refractivity (Wildman–Crippen MR) is 106 cm³/mol. The highest BCUT2D eigenvalue weighted by atomic mass is 19.4. The van der Waals surface area contributed by atoms with E-state index in [-0.39, 0.29) is 35.9 Å². The van der Waals surface area contributed by atoms with Gasteiger partial charge in [0, 0.05) is 5.56 Å². The van der Waals surface area contributed by atoms with Gasteiger partial charge in [0.05, 0.1) is 22.5 Å². The van der Waals surface area contributed by atoms with E-state index in [0.717, 1.165) is 25.3 Å². The Labute approximate surface area is 177 Å². The lowest BCUT2D eigenvalue weighted by Gasteiger charge is -2.21. The topological polar surface area (TPSA) is 35.0 Å². The first kappa shape index (κ1) is 24.9. The van der Waals surface area contributed by atoms with Crippen molar-refractivity contribution < 1.29 is 31.1 Å². The van der Waals surface area contributed by atoms with Crippen molar-refractivity contribution in [1.82, 2.24) is 9.97 Å². The lowest BCUT2D eigenvalue weighted by atomic mass is 9.98. The smallest absolute Gasteiger partial charge is 0.417 e. The first-order chi connectivity index (χ1) is 14.5. The van der Waals surface area contributed by atoms with Crippen LogP contribution in [0.1, 0.15) is 69.5 Å². The van der Waals surface area contributed by atoms with Gasteiger partial charge in [0.1, 0.15) is 11.8 Å². The largest absolute Gasteiger partial charge is 0.473 e. The van der Waals surface area contributed by atoms with E-state index < -0.39 is 29.0 Å². The van der Waals surface area contributed by atoms with Gasteiger partial charge in [-0.05, 0) is 37.8 Å². The van der Waals surface area contributed by atoms with Crippen molar-refractivity contribution in [2.75, 3.05) is 0 Å². The SMILES string of the molecule is CCCC(CC)Oc1nc(CC)c(-c2ccc(C(F)(F)F)cc2C(F)(F)F)nc1CC. The summed E-state index contributed by atoms with van der Waals surface area (Å²) in [4.78, 5) is 8.81. The molecule has 0 saturated heterocycles. The molecule has 0 bridgehead atoms. The van der Waals surface area contributed by atoms with E-state index in [1.807, 2.05) is 13.8 Å². The third-order valence-electron chi connectivity index (χ3n) is 4.92. The van der Waals surface area contributed by atoms with Crippen molar-refractivity contribution in [3.8, 4) is 17.1 Å². The minimum Gasteiger partial charge on any atom is -0.473 e. The molecule has 0 amide bonds. The molecule has 0 aliphatic heterocycles. The number of benzene rings is 1. The van der Waals surface area contributed by atoms with Gasteiger partial charge in [-0.15, -0.1) is 0 Å². The molecule has 2 aromatic rings. The summed E-state index contributed by atoms with van der Waals surface area (Å²) in [6, 6.07) is 1.58. The molecular formula is C22H26F6N2O. The van der Waals surface area contributed by atoms with E-state index >= 15 is 0 Å². The fraction of sp³-hybridized carbons (Fsp3) is 0.545. The molecule has 0 spiro atoms. The Morgan fingerprint density at radius 3 is 2.00 bits per heavy atom. The molecule has 172 valence electrons. The summed E-state index contributed by atoms with van der Waals surface area (Å²) in [6.45, 7) is 7.45. The van der Waals surface area contributed by atoms with Crippen LogP contribution in [0, 0.1) is 0 Å². The van der Waals surface area contributed by atoms with Crippen LogP contribution >= 0.6 is 0 Å². The van der Waals surface area contributed by atoms with Crippen LogP contribution in [0.4, 0.5) is 26.3 Å². The number of hydrogen-bond donors (Lipinski definition) is 0. The Hall–Kier alpha value is -2.32. The summed E-state index contributed by atoms with van der Waals surface area (Å²) < 4.78 is 86.0. The van der Waals surface area contributed by atoms with Crippen molar-refractivity contribution in [3.63, 3.8) is 0 Å². The third-order valence-corrected chi connectivity index (χ3v) is 4.92. The van der Waals surface area contributed by atoms with Crippen molar-refractivity contribution in [1.29, 1.82) is 0 Å². The van der Waals surface area contributed by atoms with Gasteiger partial charge in [-0.1, -0.05) is 40.2 Å². The molecule has 1 atom stereocenters. The molecule has 0 N–H and O–H groups in total. The van der Waals surface area contributed by atoms with Crippen molar-refractivity contribution in [2.45, 2.75) is 78.3 Å². The van der Waals surface area contributed by atoms with Crippen molar-refractivity contribution >= 4 is 0 Å². The predicted octanol–water partition coefficient (Wildman–Crippen LogP) is 7.26. The van der Waals surface area contributed by atoms with Gasteiger partial charge in [-0.3, -0.25) is 0 Å². The van der Waals surface area contributed by atoms with Gasteiger partial charge in [-0.2, -0.15) is 26.3 Å². The summed E-state index contributed by atoms with van der Waals surface area (Å²) in [5.74, 6) is 0.267.